The molecule has 0 radical (unpaired) electrons. The van der Waals surface area contributed by atoms with Crippen molar-refractivity contribution in [2.45, 2.75) is 32.9 Å². The Morgan fingerprint density at radius 3 is 2.19 bits per heavy atom. The van der Waals surface area contributed by atoms with Gasteiger partial charge in [-0.3, -0.25) is 0 Å². The maximum atomic E-state index is 11.6. The fourth-order valence-corrected chi connectivity index (χ4v) is 3.69. The maximum absolute atomic E-state index is 11.6. The average Bonchev–Trinajstić information content (AvgIpc) is 2.62. The van der Waals surface area contributed by atoms with Crippen LogP contribution >= 0.6 is 23.5 Å². The maximum Gasteiger partial charge on any atom is 0.342 e. The van der Waals surface area contributed by atoms with E-state index in [0.29, 0.717) is 22.7 Å². The zero-order chi connectivity index (χ0) is 19.7. The molecule has 26 heavy (non-hydrogen) atoms. The molecule has 0 fully saturated rings. The van der Waals surface area contributed by atoms with Crippen LogP contribution in [0.1, 0.15) is 38.3 Å². The molecule has 7 heteroatoms. The number of allylic oxidation sites excluding steroid dienone is 3. The summed E-state index contributed by atoms with van der Waals surface area (Å²) in [5.41, 5.74) is 7.97. The minimum absolute atomic E-state index is 0.243. The number of carbonyl (C=O) groups is 2. The lowest BCUT2D eigenvalue weighted by atomic mass is 10.1. The summed E-state index contributed by atoms with van der Waals surface area (Å²) in [5, 5.41) is 18.5. The van der Waals surface area contributed by atoms with E-state index in [4.69, 9.17) is 10.8 Å². The van der Waals surface area contributed by atoms with Crippen LogP contribution in [0.4, 0.5) is 0 Å². The fraction of sp³-hybridized carbons (Fsp3) is 0.263. The van der Waals surface area contributed by atoms with Gasteiger partial charge in [-0.05, 0) is 37.0 Å². The quantitative estimate of drug-likeness (QED) is 0.524. The normalized spacial score (nSPS) is 13.3. The molecule has 1 aromatic rings. The van der Waals surface area contributed by atoms with E-state index >= 15 is 0 Å². The van der Waals surface area contributed by atoms with Gasteiger partial charge in [-0.1, -0.05) is 49.0 Å². The van der Waals surface area contributed by atoms with E-state index in [-0.39, 0.29) is 4.91 Å². The molecule has 0 aromatic heterocycles. The zero-order valence-electron chi connectivity index (χ0n) is 15.0. The van der Waals surface area contributed by atoms with Crippen LogP contribution in [0.25, 0.3) is 5.57 Å². The molecule has 140 valence electrons. The largest absolute Gasteiger partial charge is 0.477 e. The van der Waals surface area contributed by atoms with Crippen LogP contribution in [-0.2, 0) is 15.3 Å². The molecule has 0 aliphatic carbocycles. The monoisotopic (exact) mass is 393 g/mol. The lowest BCUT2D eigenvalue weighted by molar-refractivity contribution is -0.132. The van der Waals surface area contributed by atoms with Crippen molar-refractivity contribution >= 4 is 41.0 Å². The number of hydrogen-bond acceptors (Lipinski definition) is 5. The van der Waals surface area contributed by atoms with Crippen LogP contribution in [0, 0.1) is 0 Å². The first-order valence-electron chi connectivity index (χ1n) is 7.98. The molecule has 1 aromatic carbocycles. The van der Waals surface area contributed by atoms with Gasteiger partial charge in [-0.2, -0.15) is 0 Å². The lowest BCUT2D eigenvalue weighted by Crippen LogP contribution is -2.01. The SMILES string of the molecule is C/C=C(\SCc1ccc(/C(C)=C(/S/C(=C/N)CC)C(=O)O)cc1)C(=O)O. The van der Waals surface area contributed by atoms with Gasteiger partial charge < -0.3 is 15.9 Å². The van der Waals surface area contributed by atoms with Crippen molar-refractivity contribution < 1.29 is 19.8 Å². The molecular weight excluding hydrogens is 370 g/mol. The predicted molar refractivity (Wildman–Crippen MR) is 110 cm³/mol. The molecule has 0 atom stereocenters. The molecule has 0 heterocycles. The summed E-state index contributed by atoms with van der Waals surface area (Å²) in [6.07, 6.45) is 3.67. The first-order chi connectivity index (χ1) is 12.3. The Bertz CT molecular complexity index is 749. The molecule has 0 saturated heterocycles. The van der Waals surface area contributed by atoms with Gasteiger partial charge in [0.05, 0.1) is 4.91 Å². The van der Waals surface area contributed by atoms with Crippen LogP contribution < -0.4 is 5.73 Å². The number of carboxylic acids is 2. The minimum Gasteiger partial charge on any atom is -0.477 e. The van der Waals surface area contributed by atoms with Crippen LogP contribution in [0.2, 0.25) is 0 Å². The van der Waals surface area contributed by atoms with Crippen LogP contribution in [0.3, 0.4) is 0 Å². The standard InChI is InChI=1S/C19H23NO4S2/c1-4-15(10-20)26-17(19(23)24)12(3)14-8-6-13(7-9-14)11-25-16(5-2)18(21)22/h5-10H,4,11,20H2,1-3H3,(H,21,22)(H,23,24)/b15-10+,16-5-,17-12+. The molecule has 0 unspecified atom stereocenters. The highest BCUT2D eigenvalue weighted by molar-refractivity contribution is 8.07. The summed E-state index contributed by atoms with van der Waals surface area (Å²) in [6, 6.07) is 7.46. The van der Waals surface area contributed by atoms with Crippen molar-refractivity contribution in [3.63, 3.8) is 0 Å². The summed E-state index contributed by atoms with van der Waals surface area (Å²) in [7, 11) is 0. The third-order valence-electron chi connectivity index (χ3n) is 3.56. The Balaban J connectivity index is 3.00. The number of rotatable bonds is 9. The van der Waals surface area contributed by atoms with Gasteiger partial charge in [-0.15, -0.1) is 11.8 Å². The highest BCUT2D eigenvalue weighted by Gasteiger charge is 2.15. The van der Waals surface area contributed by atoms with Gasteiger partial charge >= 0.3 is 11.9 Å². The van der Waals surface area contributed by atoms with E-state index in [1.165, 1.54) is 18.0 Å². The van der Waals surface area contributed by atoms with E-state index in [1.807, 2.05) is 31.2 Å². The second-order valence-corrected chi connectivity index (χ2v) is 7.45. The van der Waals surface area contributed by atoms with Crippen molar-refractivity contribution in [2.24, 2.45) is 5.73 Å². The molecule has 1 rings (SSSR count). The minimum atomic E-state index is -0.987. The second kappa shape index (κ2) is 10.8. The Morgan fingerprint density at radius 2 is 1.77 bits per heavy atom. The molecule has 0 saturated carbocycles. The molecule has 0 amide bonds. The third-order valence-corrected chi connectivity index (χ3v) is 6.13. The Kier molecular flexibility index (Phi) is 9.09. The first kappa shape index (κ1) is 21.9. The summed E-state index contributed by atoms with van der Waals surface area (Å²) in [5.74, 6) is -1.39. The Labute approximate surface area is 162 Å². The number of nitrogens with two attached hydrogens (primary N) is 1. The average molecular weight is 394 g/mol. The topological polar surface area (TPSA) is 101 Å². The Morgan fingerprint density at radius 1 is 1.15 bits per heavy atom. The smallest absolute Gasteiger partial charge is 0.342 e. The van der Waals surface area contributed by atoms with Gasteiger partial charge in [0.2, 0.25) is 0 Å². The van der Waals surface area contributed by atoms with E-state index in [1.54, 1.807) is 19.9 Å². The number of carboxylic acid groups (broad SMARTS) is 2. The molecule has 0 aliphatic rings. The van der Waals surface area contributed by atoms with E-state index < -0.39 is 11.9 Å². The summed E-state index contributed by atoms with van der Waals surface area (Å²) < 4.78 is 0. The first-order valence-corrected chi connectivity index (χ1v) is 9.78. The highest BCUT2D eigenvalue weighted by atomic mass is 32.2. The fourth-order valence-electron chi connectivity index (χ4n) is 2.05. The van der Waals surface area contributed by atoms with Crippen LogP contribution in [0.5, 0.6) is 0 Å². The summed E-state index contributed by atoms with van der Waals surface area (Å²) in [6.45, 7) is 5.38. The highest BCUT2D eigenvalue weighted by Crippen LogP contribution is 2.33. The van der Waals surface area contributed by atoms with Gasteiger partial charge in [0.25, 0.3) is 0 Å². The number of thioether (sulfide) groups is 2. The van der Waals surface area contributed by atoms with Crippen molar-refractivity contribution in [1.82, 2.24) is 0 Å². The molecule has 0 bridgehead atoms. The number of hydrogen-bond donors (Lipinski definition) is 3. The molecule has 0 spiro atoms. The van der Waals surface area contributed by atoms with Crippen molar-refractivity contribution in [1.29, 1.82) is 0 Å². The van der Waals surface area contributed by atoms with Crippen LogP contribution in [0.15, 0.2) is 51.3 Å². The summed E-state index contributed by atoms with van der Waals surface area (Å²) in [4.78, 5) is 24.0. The zero-order valence-corrected chi connectivity index (χ0v) is 16.6. The second-order valence-electron chi connectivity index (χ2n) is 5.29. The molecule has 4 N–H and O–H groups in total. The van der Waals surface area contributed by atoms with Gasteiger partial charge in [0, 0.05) is 16.9 Å². The molecular formula is C19H23NO4S2. The van der Waals surface area contributed by atoms with Gasteiger partial charge in [0.15, 0.2) is 0 Å². The van der Waals surface area contributed by atoms with Crippen LogP contribution in [-0.4, -0.2) is 22.2 Å². The van der Waals surface area contributed by atoms with Gasteiger partial charge in [0.1, 0.15) is 4.91 Å². The van der Waals surface area contributed by atoms with E-state index in [0.717, 1.165) is 27.8 Å². The summed E-state index contributed by atoms with van der Waals surface area (Å²) >= 11 is 2.42. The van der Waals surface area contributed by atoms with Crippen molar-refractivity contribution in [3.05, 3.63) is 62.4 Å². The van der Waals surface area contributed by atoms with Gasteiger partial charge in [-0.25, -0.2) is 9.59 Å². The third kappa shape index (κ3) is 6.31. The van der Waals surface area contributed by atoms with Crippen molar-refractivity contribution in [3.8, 4) is 0 Å². The molecule has 5 nitrogen and oxygen atoms in total. The number of aliphatic carboxylic acids is 2. The van der Waals surface area contributed by atoms with E-state index in [9.17, 15) is 14.7 Å². The molecule has 0 aliphatic heterocycles. The Hall–Kier alpha value is -2.12. The lowest BCUT2D eigenvalue weighted by Gasteiger charge is -2.10. The van der Waals surface area contributed by atoms with Crippen molar-refractivity contribution in [2.75, 3.05) is 0 Å². The van der Waals surface area contributed by atoms with E-state index in [2.05, 4.69) is 0 Å². The predicted octanol–water partition coefficient (Wildman–Crippen LogP) is 4.67. The number of benzene rings is 1.